The van der Waals surface area contributed by atoms with Crippen molar-refractivity contribution in [3.63, 3.8) is 0 Å². The average molecular weight is 246 g/mol. The standard InChI is InChI=1S/C14H18N2S/c1-11-4-2-5-12(10-11)16-8-7-15-14(16)13-6-3-9-17-13/h3,6-9,11-12H,2,4-5,10H2,1H3. The molecule has 2 unspecified atom stereocenters. The van der Waals surface area contributed by atoms with Gasteiger partial charge in [0, 0.05) is 18.4 Å². The van der Waals surface area contributed by atoms with E-state index in [4.69, 9.17) is 0 Å². The summed E-state index contributed by atoms with van der Waals surface area (Å²) < 4.78 is 2.39. The van der Waals surface area contributed by atoms with E-state index in [-0.39, 0.29) is 0 Å². The summed E-state index contributed by atoms with van der Waals surface area (Å²) in [5.41, 5.74) is 0. The van der Waals surface area contributed by atoms with Gasteiger partial charge in [-0.3, -0.25) is 0 Å². The second-order valence-electron chi connectivity index (χ2n) is 5.06. The summed E-state index contributed by atoms with van der Waals surface area (Å²) in [6, 6.07) is 4.91. The highest BCUT2D eigenvalue weighted by Crippen LogP contribution is 2.35. The highest BCUT2D eigenvalue weighted by atomic mass is 32.1. The number of aromatic nitrogens is 2. The Labute approximate surface area is 106 Å². The first-order valence-corrected chi connectivity index (χ1v) is 7.29. The molecule has 17 heavy (non-hydrogen) atoms. The van der Waals surface area contributed by atoms with E-state index in [0.29, 0.717) is 6.04 Å². The third-order valence-electron chi connectivity index (χ3n) is 3.71. The Hall–Kier alpha value is -1.09. The first-order valence-electron chi connectivity index (χ1n) is 6.41. The molecule has 90 valence electrons. The summed E-state index contributed by atoms with van der Waals surface area (Å²) in [5.74, 6) is 2.01. The Morgan fingerprint density at radius 1 is 1.41 bits per heavy atom. The van der Waals surface area contributed by atoms with Crippen molar-refractivity contribution in [3.8, 4) is 10.7 Å². The Bertz CT molecular complexity index is 472. The largest absolute Gasteiger partial charge is 0.327 e. The molecule has 0 spiro atoms. The zero-order valence-electron chi connectivity index (χ0n) is 10.2. The Morgan fingerprint density at radius 2 is 2.35 bits per heavy atom. The van der Waals surface area contributed by atoms with Crippen LogP contribution in [0.3, 0.4) is 0 Å². The molecule has 3 rings (SSSR count). The van der Waals surface area contributed by atoms with E-state index in [0.717, 1.165) is 11.7 Å². The molecule has 0 bridgehead atoms. The summed E-state index contributed by atoms with van der Waals surface area (Å²) in [5, 5.41) is 2.12. The molecular formula is C14H18N2S. The van der Waals surface area contributed by atoms with Crippen molar-refractivity contribution in [1.82, 2.24) is 9.55 Å². The first-order chi connectivity index (χ1) is 8.34. The van der Waals surface area contributed by atoms with Crippen LogP contribution < -0.4 is 0 Å². The molecule has 0 aromatic carbocycles. The number of rotatable bonds is 2. The maximum absolute atomic E-state index is 4.53. The van der Waals surface area contributed by atoms with Gasteiger partial charge in [0.2, 0.25) is 0 Å². The van der Waals surface area contributed by atoms with Crippen LogP contribution in [0.5, 0.6) is 0 Å². The number of hydrogen-bond acceptors (Lipinski definition) is 2. The zero-order chi connectivity index (χ0) is 11.7. The van der Waals surface area contributed by atoms with Crippen LogP contribution in [0.4, 0.5) is 0 Å². The van der Waals surface area contributed by atoms with E-state index in [1.165, 1.54) is 30.6 Å². The lowest BCUT2D eigenvalue weighted by molar-refractivity contribution is 0.284. The van der Waals surface area contributed by atoms with Crippen molar-refractivity contribution in [1.29, 1.82) is 0 Å². The SMILES string of the molecule is CC1CCCC(n2ccnc2-c2cccs2)C1. The van der Waals surface area contributed by atoms with E-state index in [1.807, 2.05) is 6.20 Å². The fraction of sp³-hybridized carbons (Fsp3) is 0.500. The topological polar surface area (TPSA) is 17.8 Å². The lowest BCUT2D eigenvalue weighted by Crippen LogP contribution is -2.17. The molecule has 2 heterocycles. The number of nitrogens with zero attached hydrogens (tertiary/aromatic N) is 2. The van der Waals surface area contributed by atoms with Gasteiger partial charge in [-0.1, -0.05) is 25.8 Å². The normalized spacial score (nSPS) is 25.0. The summed E-state index contributed by atoms with van der Waals surface area (Å²) in [7, 11) is 0. The second-order valence-corrected chi connectivity index (χ2v) is 6.01. The number of imidazole rings is 1. The monoisotopic (exact) mass is 246 g/mol. The fourth-order valence-electron chi connectivity index (χ4n) is 2.86. The van der Waals surface area contributed by atoms with E-state index in [2.05, 4.69) is 40.2 Å². The zero-order valence-corrected chi connectivity index (χ0v) is 11.0. The quantitative estimate of drug-likeness (QED) is 0.769. The van der Waals surface area contributed by atoms with Gasteiger partial charge in [0.05, 0.1) is 4.88 Å². The van der Waals surface area contributed by atoms with Gasteiger partial charge in [-0.05, 0) is 30.2 Å². The minimum absolute atomic E-state index is 0.651. The van der Waals surface area contributed by atoms with E-state index >= 15 is 0 Å². The van der Waals surface area contributed by atoms with Gasteiger partial charge in [0.1, 0.15) is 5.82 Å². The fourth-order valence-corrected chi connectivity index (χ4v) is 3.58. The van der Waals surface area contributed by atoms with Crippen LogP contribution in [0.25, 0.3) is 10.7 Å². The molecule has 1 aliphatic carbocycles. The van der Waals surface area contributed by atoms with Gasteiger partial charge < -0.3 is 4.57 Å². The lowest BCUT2D eigenvalue weighted by Gasteiger charge is -2.28. The van der Waals surface area contributed by atoms with Gasteiger partial charge in [-0.25, -0.2) is 4.98 Å². The van der Waals surface area contributed by atoms with Gasteiger partial charge in [0.15, 0.2) is 0 Å². The van der Waals surface area contributed by atoms with Gasteiger partial charge in [-0.2, -0.15) is 0 Å². The van der Waals surface area contributed by atoms with Crippen molar-refractivity contribution in [2.24, 2.45) is 5.92 Å². The predicted octanol–water partition coefficient (Wildman–Crippen LogP) is 4.36. The molecule has 2 atom stereocenters. The lowest BCUT2D eigenvalue weighted by atomic mass is 9.87. The maximum Gasteiger partial charge on any atom is 0.150 e. The van der Waals surface area contributed by atoms with Crippen LogP contribution in [0.2, 0.25) is 0 Å². The molecule has 1 aliphatic rings. The molecule has 2 aromatic rings. The predicted molar refractivity (Wildman–Crippen MR) is 72.2 cm³/mol. The van der Waals surface area contributed by atoms with Crippen LogP contribution in [-0.4, -0.2) is 9.55 Å². The van der Waals surface area contributed by atoms with Crippen LogP contribution in [0.15, 0.2) is 29.9 Å². The minimum atomic E-state index is 0.651. The van der Waals surface area contributed by atoms with Crippen molar-refractivity contribution in [3.05, 3.63) is 29.9 Å². The summed E-state index contributed by atoms with van der Waals surface area (Å²) in [6.07, 6.45) is 9.44. The number of thiophene rings is 1. The van der Waals surface area contributed by atoms with Gasteiger partial charge >= 0.3 is 0 Å². The smallest absolute Gasteiger partial charge is 0.150 e. The molecule has 2 aromatic heterocycles. The minimum Gasteiger partial charge on any atom is -0.327 e. The Balaban J connectivity index is 1.91. The molecule has 0 radical (unpaired) electrons. The Kier molecular flexibility index (Phi) is 3.02. The molecule has 0 saturated heterocycles. The summed E-state index contributed by atoms with van der Waals surface area (Å²) in [4.78, 5) is 5.82. The summed E-state index contributed by atoms with van der Waals surface area (Å²) >= 11 is 1.78. The maximum atomic E-state index is 4.53. The van der Waals surface area contributed by atoms with Crippen molar-refractivity contribution in [2.45, 2.75) is 38.6 Å². The van der Waals surface area contributed by atoms with Crippen LogP contribution in [-0.2, 0) is 0 Å². The van der Waals surface area contributed by atoms with E-state index in [9.17, 15) is 0 Å². The highest BCUT2D eigenvalue weighted by molar-refractivity contribution is 7.13. The third kappa shape index (κ3) is 2.16. The molecule has 1 fully saturated rings. The molecular weight excluding hydrogens is 228 g/mol. The molecule has 3 heteroatoms. The molecule has 0 N–H and O–H groups in total. The van der Waals surface area contributed by atoms with Gasteiger partial charge in [0.25, 0.3) is 0 Å². The van der Waals surface area contributed by atoms with E-state index in [1.54, 1.807) is 11.3 Å². The first kappa shape index (κ1) is 11.0. The molecule has 1 saturated carbocycles. The summed E-state index contributed by atoms with van der Waals surface area (Å²) in [6.45, 7) is 2.37. The number of hydrogen-bond donors (Lipinski definition) is 0. The van der Waals surface area contributed by atoms with Crippen LogP contribution in [0.1, 0.15) is 38.6 Å². The van der Waals surface area contributed by atoms with E-state index < -0.39 is 0 Å². The van der Waals surface area contributed by atoms with Crippen molar-refractivity contribution in [2.75, 3.05) is 0 Å². The Morgan fingerprint density at radius 3 is 3.12 bits per heavy atom. The van der Waals surface area contributed by atoms with Crippen LogP contribution in [0, 0.1) is 5.92 Å². The molecule has 2 nitrogen and oxygen atoms in total. The van der Waals surface area contributed by atoms with Gasteiger partial charge in [-0.15, -0.1) is 11.3 Å². The second kappa shape index (κ2) is 4.65. The molecule has 0 amide bonds. The average Bonchev–Trinajstić information content (AvgIpc) is 3.00. The van der Waals surface area contributed by atoms with Crippen LogP contribution >= 0.6 is 11.3 Å². The highest BCUT2D eigenvalue weighted by Gasteiger charge is 2.22. The van der Waals surface area contributed by atoms with Crippen molar-refractivity contribution >= 4 is 11.3 Å². The third-order valence-corrected chi connectivity index (χ3v) is 4.58. The van der Waals surface area contributed by atoms with Crippen molar-refractivity contribution < 1.29 is 0 Å². The molecule has 0 aliphatic heterocycles.